The highest BCUT2D eigenvalue weighted by Crippen LogP contribution is 1.97. The third-order valence-electron chi connectivity index (χ3n) is 2.11. The van der Waals surface area contributed by atoms with E-state index in [1.165, 1.54) is 0 Å². The fourth-order valence-electron chi connectivity index (χ4n) is 1.29. The Morgan fingerprint density at radius 3 is 3.12 bits per heavy atom. The highest BCUT2D eigenvalue weighted by atomic mass is 32.2. The molecule has 0 aromatic carbocycles. The van der Waals surface area contributed by atoms with Crippen LogP contribution in [-0.2, 0) is 9.59 Å². The van der Waals surface area contributed by atoms with Crippen LogP contribution in [0.1, 0.15) is 0 Å². The van der Waals surface area contributed by atoms with Gasteiger partial charge in [-0.15, -0.1) is 6.58 Å². The maximum Gasteiger partial charge on any atom is 0.239 e. The van der Waals surface area contributed by atoms with Crippen molar-refractivity contribution in [1.29, 1.82) is 0 Å². The fourth-order valence-corrected chi connectivity index (χ4v) is 1.87. The number of carbonyl (C=O) groups excluding carboxylic acids is 2. The van der Waals surface area contributed by atoms with Gasteiger partial charge in [0.25, 0.3) is 0 Å². The first-order valence-corrected chi connectivity index (χ1v) is 6.36. The van der Waals surface area contributed by atoms with E-state index in [-0.39, 0.29) is 24.4 Å². The predicted octanol–water partition coefficient (Wildman–Crippen LogP) is -0.890. The highest BCUT2D eigenvalue weighted by Gasteiger charge is 2.22. The van der Waals surface area contributed by atoms with Gasteiger partial charge in [0.2, 0.25) is 11.8 Å². The lowest BCUT2D eigenvalue weighted by Crippen LogP contribution is -2.58. The van der Waals surface area contributed by atoms with E-state index in [2.05, 4.69) is 22.5 Å². The molecule has 16 heavy (non-hydrogen) atoms. The van der Waals surface area contributed by atoms with Crippen molar-refractivity contribution >= 4 is 23.6 Å². The lowest BCUT2D eigenvalue weighted by molar-refractivity contribution is -0.126. The molecule has 0 bridgehead atoms. The molecule has 0 saturated carbocycles. The number of hydrogen-bond acceptors (Lipinski definition) is 4. The van der Waals surface area contributed by atoms with Gasteiger partial charge < -0.3 is 10.6 Å². The predicted molar refractivity (Wildman–Crippen MR) is 65.3 cm³/mol. The summed E-state index contributed by atoms with van der Waals surface area (Å²) in [5.74, 6) is 1.65. The maximum atomic E-state index is 11.6. The molecule has 0 aliphatic carbocycles. The van der Waals surface area contributed by atoms with Crippen LogP contribution < -0.4 is 16.0 Å². The van der Waals surface area contributed by atoms with Gasteiger partial charge >= 0.3 is 0 Å². The van der Waals surface area contributed by atoms with E-state index in [0.717, 1.165) is 11.5 Å². The van der Waals surface area contributed by atoms with Crippen LogP contribution in [0, 0.1) is 0 Å². The number of amides is 2. The highest BCUT2D eigenvalue weighted by molar-refractivity contribution is 7.99. The van der Waals surface area contributed by atoms with Crippen LogP contribution in [0.3, 0.4) is 0 Å². The summed E-state index contributed by atoms with van der Waals surface area (Å²) in [6, 6.07) is -0.304. The number of thioether (sulfide) groups is 1. The average molecular weight is 243 g/mol. The van der Waals surface area contributed by atoms with Crippen molar-refractivity contribution in [2.75, 3.05) is 31.1 Å². The molecule has 1 heterocycles. The number of piperazine rings is 1. The molecule has 1 fully saturated rings. The van der Waals surface area contributed by atoms with Crippen molar-refractivity contribution in [1.82, 2.24) is 16.0 Å². The van der Waals surface area contributed by atoms with Crippen LogP contribution >= 0.6 is 11.8 Å². The van der Waals surface area contributed by atoms with Gasteiger partial charge in [-0.2, -0.15) is 11.8 Å². The number of rotatable bonds is 6. The Morgan fingerprint density at radius 1 is 1.69 bits per heavy atom. The zero-order valence-corrected chi connectivity index (χ0v) is 9.94. The summed E-state index contributed by atoms with van der Waals surface area (Å²) in [6.45, 7) is 4.84. The van der Waals surface area contributed by atoms with Crippen LogP contribution in [-0.4, -0.2) is 49.0 Å². The molecule has 5 nitrogen and oxygen atoms in total. The third kappa shape index (κ3) is 4.67. The minimum absolute atomic E-state index is 0.0563. The number of hydrogen-bond donors (Lipinski definition) is 3. The molecular weight excluding hydrogens is 226 g/mol. The molecule has 1 aliphatic heterocycles. The Morgan fingerprint density at radius 2 is 2.50 bits per heavy atom. The molecule has 1 unspecified atom stereocenters. The van der Waals surface area contributed by atoms with Crippen LogP contribution in [0.25, 0.3) is 0 Å². The molecule has 6 heteroatoms. The van der Waals surface area contributed by atoms with E-state index in [1.807, 2.05) is 6.08 Å². The van der Waals surface area contributed by atoms with E-state index in [0.29, 0.717) is 13.1 Å². The molecule has 0 radical (unpaired) electrons. The summed E-state index contributed by atoms with van der Waals surface area (Å²) >= 11 is 1.72. The zero-order valence-electron chi connectivity index (χ0n) is 9.12. The van der Waals surface area contributed by atoms with E-state index in [4.69, 9.17) is 0 Å². The Kier molecular flexibility index (Phi) is 5.95. The molecule has 2 amide bonds. The van der Waals surface area contributed by atoms with Crippen molar-refractivity contribution in [2.45, 2.75) is 6.04 Å². The third-order valence-corrected chi connectivity index (χ3v) is 3.07. The molecule has 0 spiro atoms. The molecule has 0 aromatic heterocycles. The van der Waals surface area contributed by atoms with Gasteiger partial charge in [-0.1, -0.05) is 6.08 Å². The first kappa shape index (κ1) is 13.1. The first-order chi connectivity index (χ1) is 7.74. The van der Waals surface area contributed by atoms with E-state index in [9.17, 15) is 9.59 Å². The van der Waals surface area contributed by atoms with E-state index in [1.54, 1.807) is 11.8 Å². The van der Waals surface area contributed by atoms with Gasteiger partial charge in [-0.25, -0.2) is 0 Å². The molecule has 1 saturated heterocycles. The minimum atomic E-state index is -0.304. The molecule has 1 atom stereocenters. The molecular formula is C10H17N3O2S. The summed E-state index contributed by atoms with van der Waals surface area (Å²) in [7, 11) is 0. The van der Waals surface area contributed by atoms with Crippen LogP contribution in [0.2, 0.25) is 0 Å². The lowest BCUT2D eigenvalue weighted by atomic mass is 10.2. The van der Waals surface area contributed by atoms with Crippen LogP contribution in [0.5, 0.6) is 0 Å². The zero-order chi connectivity index (χ0) is 11.8. The Balaban J connectivity index is 2.10. The van der Waals surface area contributed by atoms with Gasteiger partial charge in [0.15, 0.2) is 0 Å². The quantitative estimate of drug-likeness (QED) is 0.418. The van der Waals surface area contributed by atoms with Crippen molar-refractivity contribution in [3.63, 3.8) is 0 Å². The van der Waals surface area contributed by atoms with Crippen LogP contribution in [0.15, 0.2) is 12.7 Å². The second-order valence-corrected chi connectivity index (χ2v) is 4.54. The fraction of sp³-hybridized carbons (Fsp3) is 0.600. The standard InChI is InChI=1S/C10H17N3O2S/c1-2-4-16-5-3-11-10(15)8-6-13-9(14)7-12-8/h2,8,12H,1,3-7H2,(H,11,15)(H,13,14). The van der Waals surface area contributed by atoms with Gasteiger partial charge in [0.1, 0.15) is 6.04 Å². The molecule has 1 aliphatic rings. The largest absolute Gasteiger partial charge is 0.354 e. The normalized spacial score (nSPS) is 20.0. The molecule has 3 N–H and O–H groups in total. The Bertz CT molecular complexity index is 261. The summed E-state index contributed by atoms with van der Waals surface area (Å²) < 4.78 is 0. The van der Waals surface area contributed by atoms with Crippen molar-refractivity contribution < 1.29 is 9.59 Å². The van der Waals surface area contributed by atoms with Gasteiger partial charge in [0, 0.05) is 24.6 Å². The van der Waals surface area contributed by atoms with Gasteiger partial charge in [0.05, 0.1) is 6.54 Å². The van der Waals surface area contributed by atoms with Crippen molar-refractivity contribution in [3.05, 3.63) is 12.7 Å². The number of carbonyl (C=O) groups is 2. The molecule has 0 aromatic rings. The molecule has 90 valence electrons. The summed E-state index contributed by atoms with van der Waals surface area (Å²) in [5, 5.41) is 8.33. The summed E-state index contributed by atoms with van der Waals surface area (Å²) in [4.78, 5) is 22.4. The smallest absolute Gasteiger partial charge is 0.239 e. The van der Waals surface area contributed by atoms with Crippen LogP contribution in [0.4, 0.5) is 0 Å². The second-order valence-electron chi connectivity index (χ2n) is 3.39. The minimum Gasteiger partial charge on any atom is -0.354 e. The molecule has 1 rings (SSSR count). The summed E-state index contributed by atoms with van der Waals surface area (Å²) in [5.41, 5.74) is 0. The maximum absolute atomic E-state index is 11.6. The van der Waals surface area contributed by atoms with Gasteiger partial charge in [-0.05, 0) is 0 Å². The lowest BCUT2D eigenvalue weighted by Gasteiger charge is -2.23. The SMILES string of the molecule is C=CCSCCNC(=O)C1CNC(=O)CN1. The number of nitrogens with one attached hydrogen (secondary N) is 3. The second kappa shape index (κ2) is 7.29. The Hall–Kier alpha value is -1.01. The summed E-state index contributed by atoms with van der Waals surface area (Å²) in [6.07, 6.45) is 1.84. The monoisotopic (exact) mass is 243 g/mol. The Labute approximate surface area is 99.4 Å². The first-order valence-electron chi connectivity index (χ1n) is 5.20. The van der Waals surface area contributed by atoms with E-state index < -0.39 is 0 Å². The average Bonchev–Trinajstić information content (AvgIpc) is 2.29. The topological polar surface area (TPSA) is 70.2 Å². The van der Waals surface area contributed by atoms with Crippen molar-refractivity contribution in [3.8, 4) is 0 Å². The van der Waals surface area contributed by atoms with E-state index >= 15 is 0 Å². The van der Waals surface area contributed by atoms with Crippen molar-refractivity contribution in [2.24, 2.45) is 0 Å². The van der Waals surface area contributed by atoms with Gasteiger partial charge in [-0.3, -0.25) is 14.9 Å².